The molecule has 2 aromatic rings. The summed E-state index contributed by atoms with van der Waals surface area (Å²) in [5.74, 6) is 0.438. The Morgan fingerprint density at radius 3 is 2.57 bits per heavy atom. The Labute approximate surface area is 123 Å². The summed E-state index contributed by atoms with van der Waals surface area (Å²) in [4.78, 5) is 0. The van der Waals surface area contributed by atoms with Gasteiger partial charge in [-0.3, -0.25) is 0 Å². The fourth-order valence-corrected chi connectivity index (χ4v) is 1.82. The summed E-state index contributed by atoms with van der Waals surface area (Å²) in [6.07, 6.45) is 5.31. The van der Waals surface area contributed by atoms with E-state index in [9.17, 15) is 4.39 Å². The number of ether oxygens (including phenoxy) is 1. The maximum absolute atomic E-state index is 13.2. The van der Waals surface area contributed by atoms with Crippen molar-refractivity contribution in [1.29, 1.82) is 5.26 Å². The molecular formula is C18H14FNO. The quantitative estimate of drug-likeness (QED) is 0.611. The van der Waals surface area contributed by atoms with Gasteiger partial charge in [0.15, 0.2) is 0 Å². The van der Waals surface area contributed by atoms with E-state index < -0.39 is 0 Å². The second-order valence-corrected chi connectivity index (χ2v) is 4.33. The number of hydrogen-bond donors (Lipinski definition) is 0. The normalized spacial score (nSPS) is 11.4. The van der Waals surface area contributed by atoms with Gasteiger partial charge in [-0.15, -0.1) is 0 Å². The number of nitriles is 1. The highest BCUT2D eigenvalue weighted by Crippen LogP contribution is 2.16. The van der Waals surface area contributed by atoms with E-state index in [0.29, 0.717) is 11.1 Å². The smallest absolute Gasteiger partial charge is 0.123 e. The molecular weight excluding hydrogens is 265 g/mol. The molecule has 0 saturated heterocycles. The second kappa shape index (κ2) is 7.06. The highest BCUT2D eigenvalue weighted by atomic mass is 19.1. The average Bonchev–Trinajstić information content (AvgIpc) is 2.52. The number of halogens is 1. The van der Waals surface area contributed by atoms with Crippen molar-refractivity contribution in [1.82, 2.24) is 0 Å². The van der Waals surface area contributed by atoms with Crippen LogP contribution in [0.3, 0.4) is 0 Å². The first-order chi connectivity index (χ1) is 10.2. The average molecular weight is 279 g/mol. The predicted molar refractivity (Wildman–Crippen MR) is 82.0 cm³/mol. The molecule has 3 heteroatoms. The van der Waals surface area contributed by atoms with Gasteiger partial charge in [-0.05, 0) is 41.5 Å². The molecule has 0 atom stereocenters. The molecule has 2 rings (SSSR count). The zero-order valence-corrected chi connectivity index (χ0v) is 11.6. The minimum atomic E-state index is -0.354. The van der Waals surface area contributed by atoms with Crippen molar-refractivity contribution in [2.24, 2.45) is 0 Å². The standard InChI is InChI=1S/C18H14FNO/c1-21-18-10-8-14(9-11-18)4-2-6-16(13-20)15-5-3-7-17(19)12-15/h2-12H,1H3/b4-2+,16-6+. The van der Waals surface area contributed by atoms with E-state index in [0.717, 1.165) is 11.3 Å². The van der Waals surface area contributed by atoms with Crippen molar-refractivity contribution in [2.75, 3.05) is 7.11 Å². The van der Waals surface area contributed by atoms with Gasteiger partial charge in [0.05, 0.1) is 18.8 Å². The highest BCUT2D eigenvalue weighted by Gasteiger charge is 2.00. The summed E-state index contributed by atoms with van der Waals surface area (Å²) >= 11 is 0. The van der Waals surface area contributed by atoms with Gasteiger partial charge in [0.25, 0.3) is 0 Å². The number of allylic oxidation sites excluding steroid dienone is 3. The second-order valence-electron chi connectivity index (χ2n) is 4.33. The summed E-state index contributed by atoms with van der Waals surface area (Å²) < 4.78 is 18.2. The third kappa shape index (κ3) is 4.05. The van der Waals surface area contributed by atoms with Crippen LogP contribution in [0.1, 0.15) is 11.1 Å². The van der Waals surface area contributed by atoms with E-state index in [2.05, 4.69) is 6.07 Å². The molecule has 2 aromatic carbocycles. The van der Waals surface area contributed by atoms with Gasteiger partial charge in [0.1, 0.15) is 11.6 Å². The fraction of sp³-hybridized carbons (Fsp3) is 0.0556. The first-order valence-electron chi connectivity index (χ1n) is 6.41. The van der Waals surface area contributed by atoms with Crippen LogP contribution in [0.2, 0.25) is 0 Å². The third-order valence-electron chi connectivity index (χ3n) is 2.92. The van der Waals surface area contributed by atoms with Gasteiger partial charge in [0.2, 0.25) is 0 Å². The largest absolute Gasteiger partial charge is 0.497 e. The van der Waals surface area contributed by atoms with Crippen LogP contribution in [-0.4, -0.2) is 7.11 Å². The lowest BCUT2D eigenvalue weighted by molar-refractivity contribution is 0.415. The molecule has 0 spiro atoms. The molecule has 0 aliphatic rings. The lowest BCUT2D eigenvalue weighted by Crippen LogP contribution is -1.83. The number of hydrogen-bond acceptors (Lipinski definition) is 2. The highest BCUT2D eigenvalue weighted by molar-refractivity contribution is 5.78. The lowest BCUT2D eigenvalue weighted by Gasteiger charge is -1.99. The van der Waals surface area contributed by atoms with Gasteiger partial charge in [-0.25, -0.2) is 4.39 Å². The van der Waals surface area contributed by atoms with E-state index in [1.807, 2.05) is 30.3 Å². The van der Waals surface area contributed by atoms with E-state index in [1.165, 1.54) is 12.1 Å². The van der Waals surface area contributed by atoms with Gasteiger partial charge in [-0.2, -0.15) is 5.26 Å². The molecule has 0 unspecified atom stereocenters. The van der Waals surface area contributed by atoms with Crippen molar-refractivity contribution >= 4 is 11.6 Å². The lowest BCUT2D eigenvalue weighted by atomic mass is 10.1. The van der Waals surface area contributed by atoms with Gasteiger partial charge in [-0.1, -0.05) is 36.4 Å². The molecule has 0 N–H and O–H groups in total. The maximum Gasteiger partial charge on any atom is 0.123 e. The van der Waals surface area contributed by atoms with Gasteiger partial charge < -0.3 is 4.74 Å². The Balaban J connectivity index is 2.17. The molecule has 0 aliphatic heterocycles. The summed E-state index contributed by atoms with van der Waals surface area (Å²) in [5, 5.41) is 9.14. The number of nitrogens with zero attached hydrogens (tertiary/aromatic N) is 1. The molecule has 2 nitrogen and oxygen atoms in total. The van der Waals surface area contributed by atoms with Crippen LogP contribution >= 0.6 is 0 Å². The molecule has 0 amide bonds. The zero-order valence-electron chi connectivity index (χ0n) is 11.6. The van der Waals surface area contributed by atoms with Crippen molar-refractivity contribution < 1.29 is 9.13 Å². The molecule has 0 heterocycles. The summed E-state index contributed by atoms with van der Waals surface area (Å²) in [5.41, 5.74) is 1.97. The third-order valence-corrected chi connectivity index (χ3v) is 2.92. The fourth-order valence-electron chi connectivity index (χ4n) is 1.82. The molecule has 0 saturated carbocycles. The molecule has 21 heavy (non-hydrogen) atoms. The van der Waals surface area contributed by atoms with E-state index in [1.54, 1.807) is 31.4 Å². The number of rotatable bonds is 4. The first-order valence-corrected chi connectivity index (χ1v) is 6.41. The Hall–Kier alpha value is -2.86. The van der Waals surface area contributed by atoms with Gasteiger partial charge >= 0.3 is 0 Å². The summed E-state index contributed by atoms with van der Waals surface area (Å²) in [6.45, 7) is 0. The van der Waals surface area contributed by atoms with Crippen molar-refractivity contribution in [2.45, 2.75) is 0 Å². The van der Waals surface area contributed by atoms with E-state index >= 15 is 0 Å². The van der Waals surface area contributed by atoms with Crippen LogP contribution in [0.15, 0.2) is 60.7 Å². The molecule has 0 fully saturated rings. The van der Waals surface area contributed by atoms with Crippen LogP contribution in [0.25, 0.3) is 11.6 Å². The van der Waals surface area contributed by atoms with Crippen LogP contribution < -0.4 is 4.74 Å². The molecule has 0 radical (unpaired) electrons. The number of methoxy groups -OCH3 is 1. The van der Waals surface area contributed by atoms with Crippen LogP contribution in [0.5, 0.6) is 5.75 Å². The van der Waals surface area contributed by atoms with Crippen LogP contribution in [0.4, 0.5) is 4.39 Å². The predicted octanol–water partition coefficient (Wildman–Crippen LogP) is 4.45. The Kier molecular flexibility index (Phi) is 4.89. The SMILES string of the molecule is COc1ccc(/C=C/C=C(\C#N)c2cccc(F)c2)cc1. The first kappa shape index (κ1) is 14.5. The molecule has 0 aromatic heterocycles. The molecule has 0 aliphatic carbocycles. The number of benzene rings is 2. The zero-order chi connectivity index (χ0) is 15.1. The monoisotopic (exact) mass is 279 g/mol. The summed E-state index contributed by atoms with van der Waals surface area (Å²) in [6, 6.07) is 15.6. The van der Waals surface area contributed by atoms with E-state index in [-0.39, 0.29) is 5.82 Å². The van der Waals surface area contributed by atoms with Crippen LogP contribution in [0, 0.1) is 17.1 Å². The van der Waals surface area contributed by atoms with Crippen molar-refractivity contribution in [3.05, 3.63) is 77.6 Å². The molecule has 104 valence electrons. The van der Waals surface area contributed by atoms with Gasteiger partial charge in [0, 0.05) is 0 Å². The topological polar surface area (TPSA) is 33.0 Å². The Morgan fingerprint density at radius 2 is 1.95 bits per heavy atom. The van der Waals surface area contributed by atoms with E-state index in [4.69, 9.17) is 10.00 Å². The maximum atomic E-state index is 13.2. The van der Waals surface area contributed by atoms with Crippen molar-refractivity contribution in [3.8, 4) is 11.8 Å². The Morgan fingerprint density at radius 1 is 1.19 bits per heavy atom. The van der Waals surface area contributed by atoms with Crippen LogP contribution in [-0.2, 0) is 0 Å². The molecule has 0 bridgehead atoms. The summed E-state index contributed by atoms with van der Waals surface area (Å²) in [7, 11) is 1.62. The van der Waals surface area contributed by atoms with Crippen molar-refractivity contribution in [3.63, 3.8) is 0 Å². The Bertz CT molecular complexity index is 709. The minimum absolute atomic E-state index is 0.354. The minimum Gasteiger partial charge on any atom is -0.497 e.